The number of ether oxygens (including phenoxy) is 3. The molecule has 0 aromatic heterocycles. The molecule has 0 fully saturated rings. The summed E-state index contributed by atoms with van der Waals surface area (Å²) in [5.41, 5.74) is 0. The van der Waals surface area contributed by atoms with Crippen LogP contribution in [0.3, 0.4) is 0 Å². The first-order valence-corrected chi connectivity index (χ1v) is 44.8. The van der Waals surface area contributed by atoms with Gasteiger partial charge in [-0.05, 0) is 148 Å². The van der Waals surface area contributed by atoms with E-state index in [0.717, 1.165) is 186 Å². The van der Waals surface area contributed by atoms with Crippen LogP contribution in [-0.4, -0.2) is 95.9 Å². The Hall–Kier alpha value is -4.83. The van der Waals surface area contributed by atoms with Crippen LogP contribution in [0.2, 0.25) is 0 Å². The number of rotatable bonds is 78. The van der Waals surface area contributed by atoms with Gasteiger partial charge in [0.15, 0.2) is 6.10 Å². The Kier molecular flexibility index (Phi) is 77.0. The van der Waals surface area contributed by atoms with Gasteiger partial charge in [0.25, 0.3) is 0 Å². The molecule has 18 heteroatoms. The standard InChI is InChI=1S/C89H150O16P2/c1-4-7-10-13-16-19-22-25-28-30-32-34-36-38-40-41-43-45-46-48-50-52-55-57-60-63-66-69-72-75-87(92)99-78-84(90)79-101-106(95,96)102-80-85(91)81-103-107(97,98)104-83-86(105-89(94)77-74-71-68-65-62-59-54-27-24-21-18-15-12-9-6-3)82-100-88(93)76-73-70-67-64-61-58-56-53-51-49-47-44-42-39-37-35-33-31-29-26-23-20-17-14-11-8-5-2/h7-8,10-11,16-17,19-20,25-29,32-35,38-40,42-43,45,47,49,54,84-86,90-91H,4-6,9,12-15,18,21-24,30-31,36-37,41,44,46,48,50-53,55-83H2,1-3H3,(H,95,96)(H,97,98)/b10-7-,11-8-,19-16-,20-17-,28-25-,29-26-,34-32-,35-33-,40-38-,42-39-,45-43-,49-47-,54-27-. The average molecular weight is 1540 g/mol. The van der Waals surface area contributed by atoms with Crippen LogP contribution in [-0.2, 0) is 55.8 Å². The number of carbonyl (C=O) groups excluding carboxylic acids is 3. The minimum atomic E-state index is -4.94. The van der Waals surface area contributed by atoms with Crippen LogP contribution in [0.5, 0.6) is 0 Å². The summed E-state index contributed by atoms with van der Waals surface area (Å²) in [5, 5.41) is 20.7. The van der Waals surface area contributed by atoms with Crippen LogP contribution in [0.1, 0.15) is 329 Å². The zero-order valence-corrected chi connectivity index (χ0v) is 68.8. The first kappa shape index (κ1) is 102. The van der Waals surface area contributed by atoms with E-state index < -0.39 is 91.5 Å². The quantitative estimate of drug-likeness (QED) is 0.0146. The maximum Gasteiger partial charge on any atom is 0.472 e. The maximum atomic E-state index is 13.0. The topological polar surface area (TPSA) is 231 Å². The van der Waals surface area contributed by atoms with Gasteiger partial charge in [0, 0.05) is 19.3 Å². The lowest BCUT2D eigenvalue weighted by Gasteiger charge is -2.21. The summed E-state index contributed by atoms with van der Waals surface area (Å²) in [6.45, 7) is 2.44. The third kappa shape index (κ3) is 82.0. The fraction of sp³-hybridized carbons (Fsp3) is 0.674. The largest absolute Gasteiger partial charge is 0.472 e. The van der Waals surface area contributed by atoms with Gasteiger partial charge in [0.05, 0.1) is 26.4 Å². The average Bonchev–Trinajstić information content (AvgIpc) is 0.914. The number of phosphoric ester groups is 2. The molecular formula is C89H150O16P2. The van der Waals surface area contributed by atoms with E-state index in [1.807, 2.05) is 0 Å². The van der Waals surface area contributed by atoms with Crippen molar-refractivity contribution in [2.24, 2.45) is 0 Å². The summed E-state index contributed by atoms with van der Waals surface area (Å²) in [5.74, 6) is -1.60. The molecule has 0 aliphatic carbocycles. The van der Waals surface area contributed by atoms with Crippen LogP contribution in [0.15, 0.2) is 158 Å². The molecule has 0 radical (unpaired) electrons. The van der Waals surface area contributed by atoms with Crippen molar-refractivity contribution in [1.82, 2.24) is 0 Å². The number of hydrogen-bond acceptors (Lipinski definition) is 14. The molecular weight excluding hydrogens is 1390 g/mol. The highest BCUT2D eigenvalue weighted by Gasteiger charge is 2.29. The Bertz CT molecular complexity index is 2580. The van der Waals surface area contributed by atoms with E-state index in [-0.39, 0.29) is 19.3 Å². The lowest BCUT2D eigenvalue weighted by Crippen LogP contribution is -2.30. The summed E-state index contributed by atoms with van der Waals surface area (Å²) in [7, 11) is -9.81. The van der Waals surface area contributed by atoms with E-state index in [1.165, 1.54) is 83.5 Å². The lowest BCUT2D eigenvalue weighted by molar-refractivity contribution is -0.161. The smallest absolute Gasteiger partial charge is 0.463 e. The van der Waals surface area contributed by atoms with Crippen molar-refractivity contribution in [3.8, 4) is 0 Å². The molecule has 0 aromatic carbocycles. The highest BCUT2D eigenvalue weighted by Crippen LogP contribution is 2.45. The monoisotopic (exact) mass is 1540 g/mol. The first-order valence-electron chi connectivity index (χ1n) is 41.8. The van der Waals surface area contributed by atoms with Crippen molar-refractivity contribution in [3.05, 3.63) is 158 Å². The second-order valence-electron chi connectivity index (χ2n) is 27.5. The number of carbonyl (C=O) groups is 3. The molecule has 0 saturated heterocycles. The molecule has 0 aromatic rings. The van der Waals surface area contributed by atoms with Gasteiger partial charge in [0.2, 0.25) is 0 Å². The van der Waals surface area contributed by atoms with Gasteiger partial charge in [-0.15, -0.1) is 0 Å². The molecule has 0 rings (SSSR count). The fourth-order valence-electron chi connectivity index (χ4n) is 10.9. The van der Waals surface area contributed by atoms with E-state index in [9.17, 15) is 43.5 Å². The summed E-state index contributed by atoms with van der Waals surface area (Å²) >= 11 is 0. The van der Waals surface area contributed by atoms with Crippen molar-refractivity contribution < 1.29 is 75.8 Å². The highest BCUT2D eigenvalue weighted by molar-refractivity contribution is 7.47. The van der Waals surface area contributed by atoms with Gasteiger partial charge in [-0.1, -0.05) is 320 Å². The molecule has 0 aliphatic heterocycles. The second kappa shape index (κ2) is 80.7. The Morgan fingerprint density at radius 1 is 0.271 bits per heavy atom. The second-order valence-corrected chi connectivity index (χ2v) is 30.4. The summed E-state index contributed by atoms with van der Waals surface area (Å²) in [4.78, 5) is 58.8. The van der Waals surface area contributed by atoms with Gasteiger partial charge in [-0.3, -0.25) is 32.5 Å². The van der Waals surface area contributed by atoms with Crippen LogP contribution in [0.25, 0.3) is 0 Å². The molecule has 4 N–H and O–H groups in total. The SMILES string of the molecule is CC/C=C\C/C=C\C/C=C\C/C=C\C/C=C\C/C=C\CCCCCCCCCCCCC(=O)OCC(O)COP(=O)(O)OCC(O)COP(=O)(O)OCC(COC(=O)CCCCCCCCCC/C=C\C/C=C\C/C=C\C/C=C\C/C=C\C/C=C\CC)OC(=O)CCCCCCC/C=C\CCCCCCCC. The van der Waals surface area contributed by atoms with E-state index in [4.69, 9.17) is 32.3 Å². The van der Waals surface area contributed by atoms with Gasteiger partial charge < -0.3 is 34.2 Å². The minimum absolute atomic E-state index is 0.0895. The minimum Gasteiger partial charge on any atom is -0.463 e. The van der Waals surface area contributed by atoms with Crippen molar-refractivity contribution in [2.45, 2.75) is 347 Å². The molecule has 0 aliphatic rings. The van der Waals surface area contributed by atoms with E-state index in [2.05, 4.69) is 179 Å². The van der Waals surface area contributed by atoms with E-state index in [1.54, 1.807) is 0 Å². The Morgan fingerprint density at radius 2 is 0.495 bits per heavy atom. The number of allylic oxidation sites excluding steroid dienone is 26. The fourth-order valence-corrected chi connectivity index (χ4v) is 12.5. The van der Waals surface area contributed by atoms with Crippen LogP contribution >= 0.6 is 15.6 Å². The number of hydrogen-bond donors (Lipinski definition) is 4. The first-order chi connectivity index (χ1) is 52.2. The Morgan fingerprint density at radius 3 is 0.794 bits per heavy atom. The van der Waals surface area contributed by atoms with Gasteiger partial charge in [-0.25, -0.2) is 9.13 Å². The van der Waals surface area contributed by atoms with Gasteiger partial charge in [-0.2, -0.15) is 0 Å². The molecule has 5 unspecified atom stereocenters. The third-order valence-corrected chi connectivity index (χ3v) is 19.1. The molecule has 612 valence electrons. The number of aliphatic hydroxyl groups is 2. The summed E-state index contributed by atoms with van der Waals surface area (Å²) in [6, 6.07) is 0. The van der Waals surface area contributed by atoms with Gasteiger partial charge >= 0.3 is 33.6 Å². The van der Waals surface area contributed by atoms with E-state index in [0.29, 0.717) is 19.3 Å². The van der Waals surface area contributed by atoms with E-state index >= 15 is 0 Å². The maximum absolute atomic E-state index is 13.0. The van der Waals surface area contributed by atoms with Crippen LogP contribution in [0.4, 0.5) is 0 Å². The van der Waals surface area contributed by atoms with Crippen LogP contribution in [0, 0.1) is 0 Å². The molecule has 0 heterocycles. The number of esters is 3. The van der Waals surface area contributed by atoms with Crippen molar-refractivity contribution >= 4 is 33.6 Å². The number of unbranched alkanes of at least 4 members (excludes halogenated alkanes) is 29. The highest BCUT2D eigenvalue weighted by atomic mass is 31.2. The zero-order valence-electron chi connectivity index (χ0n) is 67.0. The molecule has 0 amide bonds. The summed E-state index contributed by atoms with van der Waals surface area (Å²) < 4.78 is 61.2. The lowest BCUT2D eigenvalue weighted by atomic mass is 10.1. The molecule has 0 saturated carbocycles. The molecule has 5 atom stereocenters. The third-order valence-electron chi connectivity index (χ3n) is 17.2. The van der Waals surface area contributed by atoms with Crippen LogP contribution < -0.4 is 0 Å². The predicted molar refractivity (Wildman–Crippen MR) is 445 cm³/mol. The van der Waals surface area contributed by atoms with Crippen molar-refractivity contribution in [1.29, 1.82) is 0 Å². The molecule has 0 spiro atoms. The normalized spacial score (nSPS) is 14.7. The summed E-state index contributed by atoms with van der Waals surface area (Å²) in [6.07, 6.45) is 101. The Balaban J connectivity index is 4.57. The molecule has 107 heavy (non-hydrogen) atoms. The number of aliphatic hydroxyl groups excluding tert-OH is 2. The van der Waals surface area contributed by atoms with Crippen molar-refractivity contribution in [3.63, 3.8) is 0 Å². The van der Waals surface area contributed by atoms with Crippen molar-refractivity contribution in [2.75, 3.05) is 39.6 Å². The Labute approximate surface area is 650 Å². The molecule has 0 bridgehead atoms. The number of phosphoric acid groups is 2. The zero-order chi connectivity index (χ0) is 78.0. The molecule has 16 nitrogen and oxygen atoms in total. The predicted octanol–water partition coefficient (Wildman–Crippen LogP) is 25.0. The van der Waals surface area contributed by atoms with Gasteiger partial charge in [0.1, 0.15) is 25.4 Å².